The maximum absolute atomic E-state index is 11.2. The molecule has 0 atom stereocenters. The fraction of sp³-hybridized carbons (Fsp3) is 0.154. The summed E-state index contributed by atoms with van der Waals surface area (Å²) in [7, 11) is 1.68. The van der Waals surface area contributed by atoms with Crippen LogP contribution < -0.4 is 9.30 Å². The Bertz CT molecular complexity index is 586. The van der Waals surface area contributed by atoms with Crippen LogP contribution in [0.2, 0.25) is 0 Å². The van der Waals surface area contributed by atoms with Crippen molar-refractivity contribution in [1.82, 2.24) is 0 Å². The summed E-state index contributed by atoms with van der Waals surface area (Å²) >= 11 is -11.2. The van der Waals surface area contributed by atoms with Crippen molar-refractivity contribution in [2.75, 3.05) is 7.11 Å². The van der Waals surface area contributed by atoms with Crippen LogP contribution in [0.25, 0.3) is 0 Å². The van der Waals surface area contributed by atoms with E-state index in [2.05, 4.69) is 29.1 Å². The topological polar surface area (TPSA) is 13.1 Å². The summed E-state index contributed by atoms with van der Waals surface area (Å²) in [5.74, 6) is 0.900. The normalized spacial score (nSPS) is 14.1. The Balaban J connectivity index is 0.000000295. The SMILES string of the molecule is COc1ccc(C[n+]2ccccc2)cc1.[F][Sb-]([F])([F])([F])([F])[F]. The number of ether oxygens (including phenoxy) is 1. The quantitative estimate of drug-likeness (QED) is 0.400. The summed E-state index contributed by atoms with van der Waals surface area (Å²) in [5.41, 5.74) is 1.27. The first kappa shape index (κ1) is 18.6. The molecule has 0 saturated heterocycles. The van der Waals surface area contributed by atoms with E-state index in [9.17, 15) is 16.9 Å². The van der Waals surface area contributed by atoms with E-state index in [4.69, 9.17) is 4.74 Å². The molecular weight excluding hydrogens is 422 g/mol. The Hall–Kier alpha value is -1.43. The van der Waals surface area contributed by atoms with Gasteiger partial charge in [-0.25, -0.2) is 4.57 Å². The van der Waals surface area contributed by atoms with Crippen molar-refractivity contribution in [2.45, 2.75) is 6.54 Å². The van der Waals surface area contributed by atoms with Crippen LogP contribution >= 0.6 is 0 Å². The van der Waals surface area contributed by atoms with Gasteiger partial charge in [-0.05, 0) is 24.3 Å². The zero-order chi connectivity index (χ0) is 16.9. The van der Waals surface area contributed by atoms with E-state index in [1.54, 1.807) is 7.11 Å². The molecule has 0 unspecified atom stereocenters. The van der Waals surface area contributed by atoms with E-state index in [0.29, 0.717) is 0 Å². The number of methoxy groups -OCH3 is 1. The second kappa shape index (κ2) is 5.99. The van der Waals surface area contributed by atoms with E-state index >= 15 is 0 Å². The molecule has 1 aromatic carbocycles. The Morgan fingerprint density at radius 1 is 0.864 bits per heavy atom. The molecule has 0 aliphatic heterocycles. The van der Waals surface area contributed by atoms with Crippen molar-refractivity contribution >= 4 is 19.5 Å². The number of aromatic nitrogens is 1. The maximum atomic E-state index is 9.93. The first-order valence-electron chi connectivity index (χ1n) is 5.97. The number of nitrogens with zero attached hydrogens (tertiary/aromatic N) is 1. The number of rotatable bonds is 3. The average Bonchev–Trinajstić information content (AvgIpc) is 2.37. The minimum absolute atomic E-state index is 0.894. The van der Waals surface area contributed by atoms with Crippen molar-refractivity contribution in [3.05, 3.63) is 60.4 Å². The van der Waals surface area contributed by atoms with Crippen LogP contribution in [-0.4, -0.2) is 26.6 Å². The summed E-state index contributed by atoms with van der Waals surface area (Å²) in [6, 6.07) is 14.2. The molecular formula is C13H14F6NOSb. The molecule has 0 radical (unpaired) electrons. The molecule has 2 nitrogen and oxygen atoms in total. The first-order valence-corrected chi connectivity index (χ1v) is 11.8. The Morgan fingerprint density at radius 2 is 1.32 bits per heavy atom. The van der Waals surface area contributed by atoms with Crippen LogP contribution in [0.1, 0.15) is 5.56 Å². The molecule has 124 valence electrons. The van der Waals surface area contributed by atoms with Gasteiger partial charge in [0.25, 0.3) is 0 Å². The predicted octanol–water partition coefficient (Wildman–Crippen LogP) is 4.17. The standard InChI is InChI=1S/C13H14NO.6FH.Sb/c1-15-13-7-5-12(6-8-13)11-14-9-3-2-4-10-14;;;;;;;/h2-10H,11H2,1H3;6*1H;/q+1;;;;;;;+5/p-6. The summed E-state index contributed by atoms with van der Waals surface area (Å²) in [5, 5.41) is 0. The summed E-state index contributed by atoms with van der Waals surface area (Å²) in [6.45, 7) is 0.894. The molecule has 2 rings (SSSR count). The summed E-state index contributed by atoms with van der Waals surface area (Å²) < 4.78 is 66.8. The van der Waals surface area contributed by atoms with Gasteiger partial charge in [-0.3, -0.25) is 0 Å². The molecule has 0 spiro atoms. The van der Waals surface area contributed by atoms with Gasteiger partial charge in [0.15, 0.2) is 18.9 Å². The Morgan fingerprint density at radius 3 is 1.73 bits per heavy atom. The molecule has 0 amide bonds. The van der Waals surface area contributed by atoms with Gasteiger partial charge in [0, 0.05) is 17.7 Å². The number of pyridine rings is 1. The van der Waals surface area contributed by atoms with Gasteiger partial charge < -0.3 is 4.74 Å². The molecule has 0 aliphatic rings. The minimum atomic E-state index is -11.2. The number of hydrogen-bond donors (Lipinski definition) is 0. The zero-order valence-corrected chi connectivity index (χ0v) is 14.0. The van der Waals surface area contributed by atoms with Crippen LogP contribution in [0.5, 0.6) is 5.75 Å². The van der Waals surface area contributed by atoms with Gasteiger partial charge in [0.05, 0.1) is 7.11 Å². The predicted molar refractivity (Wildman–Crippen MR) is 71.1 cm³/mol. The zero-order valence-electron chi connectivity index (χ0n) is 11.5. The molecule has 1 heterocycles. The number of hydrogen-bond acceptors (Lipinski definition) is 1. The van der Waals surface area contributed by atoms with Gasteiger partial charge in [-0.2, -0.15) is 0 Å². The van der Waals surface area contributed by atoms with E-state index in [0.717, 1.165) is 12.3 Å². The fourth-order valence-corrected chi connectivity index (χ4v) is 1.48. The van der Waals surface area contributed by atoms with E-state index in [-0.39, 0.29) is 0 Å². The van der Waals surface area contributed by atoms with Gasteiger partial charge in [0.2, 0.25) is 0 Å². The second-order valence-electron chi connectivity index (χ2n) is 4.35. The molecule has 0 fully saturated rings. The molecule has 1 aromatic heterocycles. The molecule has 0 N–H and O–H groups in total. The van der Waals surface area contributed by atoms with Gasteiger partial charge in [0.1, 0.15) is 5.75 Å². The van der Waals surface area contributed by atoms with Crippen molar-refractivity contribution in [3.63, 3.8) is 0 Å². The fourth-order valence-electron chi connectivity index (χ4n) is 1.48. The first-order chi connectivity index (χ1) is 9.83. The van der Waals surface area contributed by atoms with Crippen molar-refractivity contribution in [2.24, 2.45) is 0 Å². The number of benzene rings is 1. The molecule has 0 bridgehead atoms. The second-order valence-corrected chi connectivity index (χ2v) is 9.82. The molecule has 0 aliphatic carbocycles. The van der Waals surface area contributed by atoms with Crippen molar-refractivity contribution in [3.8, 4) is 5.75 Å². The van der Waals surface area contributed by atoms with Crippen LogP contribution in [0.4, 0.5) is 16.9 Å². The molecule has 0 saturated carbocycles. The van der Waals surface area contributed by atoms with E-state index in [1.165, 1.54) is 5.56 Å². The van der Waals surface area contributed by atoms with Crippen LogP contribution in [0, 0.1) is 0 Å². The third kappa shape index (κ3) is 11.3. The van der Waals surface area contributed by atoms with Gasteiger partial charge >= 0.3 is 36.4 Å². The third-order valence-electron chi connectivity index (χ3n) is 2.30. The number of halogens is 6. The molecule has 22 heavy (non-hydrogen) atoms. The molecule has 9 heteroatoms. The average molecular weight is 436 g/mol. The van der Waals surface area contributed by atoms with Crippen LogP contribution in [-0.2, 0) is 6.54 Å². The van der Waals surface area contributed by atoms with Gasteiger partial charge in [-0.15, -0.1) is 0 Å². The summed E-state index contributed by atoms with van der Waals surface area (Å²) in [6.07, 6.45) is 4.12. The Labute approximate surface area is 125 Å². The van der Waals surface area contributed by atoms with Crippen molar-refractivity contribution in [1.29, 1.82) is 0 Å². The van der Waals surface area contributed by atoms with Gasteiger partial charge in [-0.1, -0.05) is 6.07 Å². The Kier molecular flexibility index (Phi) is 5.07. The third-order valence-corrected chi connectivity index (χ3v) is 2.30. The van der Waals surface area contributed by atoms with Crippen LogP contribution in [0.15, 0.2) is 54.9 Å². The van der Waals surface area contributed by atoms with E-state index < -0.39 is 19.5 Å². The summed E-state index contributed by atoms with van der Waals surface area (Å²) in [4.78, 5) is 0. The van der Waals surface area contributed by atoms with Crippen LogP contribution in [0.3, 0.4) is 0 Å². The monoisotopic (exact) mass is 435 g/mol. The van der Waals surface area contributed by atoms with Crippen molar-refractivity contribution < 1.29 is 26.2 Å². The van der Waals surface area contributed by atoms with E-state index in [1.807, 2.05) is 30.3 Å². The molecule has 2 aromatic rings.